The predicted octanol–water partition coefficient (Wildman–Crippen LogP) is 0.503. The standard InChI is InChI=1S/C17H19N3O5S/c1-26(22,23)17-18-13-10-20(5-4-12(13)16(21)19-17)9-11-2-3-14-15(8-11)25-7-6-24-14/h2-3,8H,4-7,9-10H2,1H3,(H,18,19,21). The van der Waals surface area contributed by atoms with Gasteiger partial charge in [0.15, 0.2) is 11.5 Å². The fourth-order valence-corrected chi connectivity index (χ4v) is 3.78. The van der Waals surface area contributed by atoms with E-state index >= 15 is 0 Å². The molecule has 4 rings (SSSR count). The third-order valence-electron chi connectivity index (χ3n) is 4.49. The number of H-pyrrole nitrogens is 1. The van der Waals surface area contributed by atoms with E-state index in [0.717, 1.165) is 23.3 Å². The fourth-order valence-electron chi connectivity index (χ4n) is 3.23. The second-order valence-corrected chi connectivity index (χ2v) is 8.44. The van der Waals surface area contributed by atoms with Crippen LogP contribution >= 0.6 is 0 Å². The summed E-state index contributed by atoms with van der Waals surface area (Å²) in [5.41, 5.74) is 1.79. The first kappa shape index (κ1) is 17.0. The number of nitrogens with one attached hydrogen (secondary N) is 1. The molecule has 2 aliphatic rings. The number of nitrogens with zero attached hydrogens (tertiary/aromatic N) is 2. The van der Waals surface area contributed by atoms with Gasteiger partial charge in [0.05, 0.1) is 5.69 Å². The highest BCUT2D eigenvalue weighted by atomic mass is 32.2. The Morgan fingerprint density at radius 3 is 2.77 bits per heavy atom. The van der Waals surface area contributed by atoms with E-state index in [2.05, 4.69) is 14.9 Å². The van der Waals surface area contributed by atoms with Crippen LogP contribution in [0, 0.1) is 0 Å². The monoisotopic (exact) mass is 377 g/mol. The molecule has 0 fully saturated rings. The number of aromatic amines is 1. The highest BCUT2D eigenvalue weighted by Gasteiger charge is 2.24. The second-order valence-electron chi connectivity index (χ2n) is 6.51. The lowest BCUT2D eigenvalue weighted by atomic mass is 10.1. The van der Waals surface area contributed by atoms with Crippen LogP contribution in [0.15, 0.2) is 28.2 Å². The Hall–Kier alpha value is -2.39. The molecule has 0 bridgehead atoms. The summed E-state index contributed by atoms with van der Waals surface area (Å²) < 4.78 is 34.6. The van der Waals surface area contributed by atoms with E-state index in [9.17, 15) is 13.2 Å². The minimum atomic E-state index is -3.56. The highest BCUT2D eigenvalue weighted by Crippen LogP contribution is 2.31. The van der Waals surface area contributed by atoms with Crippen LogP contribution in [-0.2, 0) is 29.3 Å². The van der Waals surface area contributed by atoms with Gasteiger partial charge in [-0.15, -0.1) is 0 Å². The Morgan fingerprint density at radius 1 is 1.23 bits per heavy atom. The third-order valence-corrected chi connectivity index (χ3v) is 5.39. The average molecular weight is 377 g/mol. The van der Waals surface area contributed by atoms with E-state index in [1.165, 1.54) is 0 Å². The summed E-state index contributed by atoms with van der Waals surface area (Å²) in [5, 5.41) is -0.276. The van der Waals surface area contributed by atoms with Crippen molar-refractivity contribution in [3.8, 4) is 11.5 Å². The minimum Gasteiger partial charge on any atom is -0.486 e. The Balaban J connectivity index is 1.57. The van der Waals surface area contributed by atoms with E-state index in [1.54, 1.807) is 0 Å². The van der Waals surface area contributed by atoms with Crippen molar-refractivity contribution in [2.75, 3.05) is 26.0 Å². The molecular formula is C17H19N3O5S. The topological polar surface area (TPSA) is 102 Å². The molecule has 8 nitrogen and oxygen atoms in total. The van der Waals surface area contributed by atoms with Crippen LogP contribution < -0.4 is 15.0 Å². The maximum absolute atomic E-state index is 12.1. The van der Waals surface area contributed by atoms with E-state index in [-0.39, 0.29) is 10.7 Å². The predicted molar refractivity (Wildman–Crippen MR) is 93.2 cm³/mol. The lowest BCUT2D eigenvalue weighted by Crippen LogP contribution is -2.35. The molecule has 1 aromatic carbocycles. The first-order valence-corrected chi connectivity index (χ1v) is 10.2. The highest BCUT2D eigenvalue weighted by molar-refractivity contribution is 7.90. The normalized spacial score (nSPS) is 17.0. The molecule has 1 aromatic heterocycles. The molecule has 9 heteroatoms. The zero-order chi connectivity index (χ0) is 18.3. The molecule has 0 spiro atoms. The molecule has 26 heavy (non-hydrogen) atoms. The van der Waals surface area contributed by atoms with Crippen molar-refractivity contribution in [1.82, 2.24) is 14.9 Å². The summed E-state index contributed by atoms with van der Waals surface area (Å²) in [6.07, 6.45) is 1.57. The maximum atomic E-state index is 12.1. The van der Waals surface area contributed by atoms with Crippen LogP contribution in [0.3, 0.4) is 0 Å². The summed E-state index contributed by atoms with van der Waals surface area (Å²) in [6, 6.07) is 5.83. The first-order chi connectivity index (χ1) is 12.4. The number of aromatic nitrogens is 2. The van der Waals surface area contributed by atoms with Crippen LogP contribution in [0.4, 0.5) is 0 Å². The van der Waals surface area contributed by atoms with Crippen molar-refractivity contribution < 1.29 is 17.9 Å². The molecule has 2 aromatic rings. The molecule has 0 radical (unpaired) electrons. The number of hydrogen-bond donors (Lipinski definition) is 1. The largest absolute Gasteiger partial charge is 0.486 e. The van der Waals surface area contributed by atoms with Crippen LogP contribution in [0.5, 0.6) is 11.5 Å². The lowest BCUT2D eigenvalue weighted by Gasteiger charge is -2.28. The van der Waals surface area contributed by atoms with Gasteiger partial charge in [0.2, 0.25) is 15.0 Å². The van der Waals surface area contributed by atoms with Gasteiger partial charge >= 0.3 is 0 Å². The second kappa shape index (κ2) is 6.40. The number of hydrogen-bond acceptors (Lipinski definition) is 7. The number of fused-ring (bicyclic) bond motifs is 2. The third kappa shape index (κ3) is 3.32. The summed E-state index contributed by atoms with van der Waals surface area (Å²) in [7, 11) is -3.56. The summed E-state index contributed by atoms with van der Waals surface area (Å²) in [5.74, 6) is 1.48. The van der Waals surface area contributed by atoms with Gasteiger partial charge < -0.3 is 9.47 Å². The fraction of sp³-hybridized carbons (Fsp3) is 0.412. The van der Waals surface area contributed by atoms with Crippen molar-refractivity contribution >= 4 is 9.84 Å². The van der Waals surface area contributed by atoms with E-state index in [0.29, 0.717) is 50.5 Å². The molecule has 1 N–H and O–H groups in total. The van der Waals surface area contributed by atoms with Crippen molar-refractivity contribution in [2.45, 2.75) is 24.7 Å². The Kier molecular flexibility index (Phi) is 4.20. The molecule has 0 saturated heterocycles. The molecule has 0 aliphatic carbocycles. The number of rotatable bonds is 3. The summed E-state index contributed by atoms with van der Waals surface area (Å²) in [6.45, 7) is 2.87. The zero-order valence-electron chi connectivity index (χ0n) is 14.3. The van der Waals surface area contributed by atoms with Gasteiger partial charge in [0, 0.05) is 31.5 Å². The van der Waals surface area contributed by atoms with E-state index < -0.39 is 9.84 Å². The Bertz CT molecular complexity index is 1020. The summed E-state index contributed by atoms with van der Waals surface area (Å²) >= 11 is 0. The lowest BCUT2D eigenvalue weighted by molar-refractivity contribution is 0.171. The Labute approximate surface area is 150 Å². The maximum Gasteiger partial charge on any atom is 0.255 e. The SMILES string of the molecule is CS(=O)(=O)c1nc2c(c(=O)[nH]1)CCN(Cc1ccc3c(c1)OCCO3)C2. The van der Waals surface area contributed by atoms with Gasteiger partial charge in [0.25, 0.3) is 5.56 Å². The zero-order valence-corrected chi connectivity index (χ0v) is 15.1. The average Bonchev–Trinajstić information content (AvgIpc) is 2.60. The van der Waals surface area contributed by atoms with Gasteiger partial charge in [-0.3, -0.25) is 14.7 Å². The smallest absolute Gasteiger partial charge is 0.255 e. The Morgan fingerprint density at radius 2 is 2.00 bits per heavy atom. The van der Waals surface area contributed by atoms with Crippen LogP contribution in [0.1, 0.15) is 16.8 Å². The van der Waals surface area contributed by atoms with Gasteiger partial charge in [-0.25, -0.2) is 13.4 Å². The quantitative estimate of drug-likeness (QED) is 0.777. The van der Waals surface area contributed by atoms with Crippen molar-refractivity contribution in [2.24, 2.45) is 0 Å². The van der Waals surface area contributed by atoms with Gasteiger partial charge in [0.1, 0.15) is 13.2 Å². The first-order valence-electron chi connectivity index (χ1n) is 8.33. The molecule has 0 atom stereocenters. The molecule has 3 heterocycles. The van der Waals surface area contributed by atoms with E-state index in [1.807, 2.05) is 18.2 Å². The van der Waals surface area contributed by atoms with Crippen molar-refractivity contribution in [3.05, 3.63) is 45.4 Å². The number of benzene rings is 1. The molecular weight excluding hydrogens is 358 g/mol. The number of sulfone groups is 1. The minimum absolute atomic E-state index is 0.276. The van der Waals surface area contributed by atoms with Crippen molar-refractivity contribution in [1.29, 1.82) is 0 Å². The molecule has 0 saturated carbocycles. The molecule has 138 valence electrons. The molecule has 2 aliphatic heterocycles. The van der Waals surface area contributed by atoms with Crippen LogP contribution in [-0.4, -0.2) is 49.3 Å². The van der Waals surface area contributed by atoms with Crippen LogP contribution in [0.2, 0.25) is 0 Å². The van der Waals surface area contributed by atoms with Crippen molar-refractivity contribution in [3.63, 3.8) is 0 Å². The van der Waals surface area contributed by atoms with Gasteiger partial charge in [-0.1, -0.05) is 6.07 Å². The van der Waals surface area contributed by atoms with Gasteiger partial charge in [-0.05, 0) is 24.1 Å². The summed E-state index contributed by atoms with van der Waals surface area (Å²) in [4.78, 5) is 20.8. The van der Waals surface area contributed by atoms with Gasteiger partial charge in [-0.2, -0.15) is 0 Å². The van der Waals surface area contributed by atoms with E-state index in [4.69, 9.17) is 9.47 Å². The number of ether oxygens (including phenoxy) is 2. The molecule has 0 unspecified atom stereocenters. The molecule has 0 amide bonds. The van der Waals surface area contributed by atoms with Crippen LogP contribution in [0.25, 0.3) is 0 Å².